The lowest BCUT2D eigenvalue weighted by Gasteiger charge is -2.35. The highest BCUT2D eigenvalue weighted by molar-refractivity contribution is 6.09. The largest absolute Gasteiger partial charge is 0.394 e. The Kier molecular flexibility index (Phi) is 22.6. The summed E-state index contributed by atoms with van der Waals surface area (Å²) in [5, 5.41) is 91.2. The van der Waals surface area contributed by atoms with Gasteiger partial charge in [-0.05, 0) is 73.9 Å². The van der Waals surface area contributed by atoms with Gasteiger partial charge in [-0.15, -0.1) is 0 Å². The Morgan fingerprint density at radius 3 is 0.838 bits per heavy atom. The number of anilines is 2. The molecule has 0 heterocycles. The molecule has 21 nitrogen and oxygen atoms in total. The topological polar surface area (TPSA) is 304 Å². The molecule has 2 rings (SSSR count). The number of aliphatic hydroxyl groups excluding tert-OH is 9. The Balaban J connectivity index is 3.05. The fourth-order valence-electron chi connectivity index (χ4n) is 8.66. The molecule has 2 aromatic rings. The third-order valence-electron chi connectivity index (χ3n) is 12.0. The van der Waals surface area contributed by atoms with Gasteiger partial charge in [-0.2, -0.15) is 0 Å². The minimum absolute atomic E-state index is 0.00323. The summed E-state index contributed by atoms with van der Waals surface area (Å²) in [6.45, 7) is 7.10. The molecule has 0 aliphatic rings. The van der Waals surface area contributed by atoms with Gasteiger partial charge in [-0.25, -0.2) is 0 Å². The van der Waals surface area contributed by atoms with Crippen LogP contribution in [0.15, 0.2) is 0 Å². The lowest BCUT2D eigenvalue weighted by atomic mass is 9.87. The van der Waals surface area contributed by atoms with Crippen LogP contribution in [0.5, 0.6) is 0 Å². The zero-order valence-corrected chi connectivity index (χ0v) is 41.5. The number of hydrogen-bond donors (Lipinski definition) is 9. The van der Waals surface area contributed by atoms with Crippen molar-refractivity contribution in [3.63, 3.8) is 0 Å². The monoisotopic (exact) mass is 963 g/mol. The maximum atomic E-state index is 14.3. The second-order valence-electron chi connectivity index (χ2n) is 17.4. The summed E-state index contributed by atoms with van der Waals surface area (Å²) in [6, 6.07) is 0. The average molecular weight is 963 g/mol. The zero-order chi connectivity index (χ0) is 52.2. The molecule has 68 heavy (non-hydrogen) atoms. The Morgan fingerprint density at radius 2 is 0.632 bits per heavy atom. The normalized spacial score (nSPS) is 13.5. The van der Waals surface area contributed by atoms with Crippen molar-refractivity contribution in [3.05, 3.63) is 55.6 Å². The van der Waals surface area contributed by atoms with Crippen LogP contribution in [0, 0.1) is 27.7 Å². The van der Waals surface area contributed by atoms with E-state index in [1.54, 1.807) is 27.7 Å². The minimum Gasteiger partial charge on any atom is -0.394 e. The third kappa shape index (κ3) is 13.6. The molecule has 0 saturated carbocycles. The van der Waals surface area contributed by atoms with E-state index < -0.39 is 105 Å². The van der Waals surface area contributed by atoms with E-state index in [9.17, 15) is 74.7 Å². The van der Waals surface area contributed by atoms with Crippen LogP contribution in [0.2, 0.25) is 0 Å². The molecular weight excluding hydrogens is 889 g/mol. The molecule has 0 radical (unpaired) electrons. The summed E-state index contributed by atoms with van der Waals surface area (Å²) in [4.78, 5) is 92.0. The van der Waals surface area contributed by atoms with Gasteiger partial charge in [0.05, 0.1) is 81.4 Å². The first-order chi connectivity index (χ1) is 31.7. The number of amides is 6. The van der Waals surface area contributed by atoms with Gasteiger partial charge in [0.1, 0.15) is 0 Å². The number of hydrogen-bond acceptors (Lipinski definition) is 15. The molecule has 2 aromatic carbocycles. The maximum Gasteiger partial charge on any atom is 0.254 e. The molecule has 0 bridgehead atoms. The van der Waals surface area contributed by atoms with Gasteiger partial charge in [-0.1, -0.05) is 13.8 Å². The van der Waals surface area contributed by atoms with E-state index in [4.69, 9.17) is 0 Å². The van der Waals surface area contributed by atoms with E-state index in [1.807, 2.05) is 0 Å². The quantitative estimate of drug-likeness (QED) is 0.0580. The minimum atomic E-state index is -1.61. The van der Waals surface area contributed by atoms with Crippen LogP contribution in [-0.2, 0) is 22.4 Å². The van der Waals surface area contributed by atoms with Crippen molar-refractivity contribution in [1.82, 2.24) is 19.6 Å². The predicted octanol–water partition coefficient (Wildman–Crippen LogP) is -1.49. The fraction of sp³-hybridized carbons (Fsp3) is 0.617. The molecule has 0 aliphatic carbocycles. The van der Waals surface area contributed by atoms with Gasteiger partial charge >= 0.3 is 0 Å². The summed E-state index contributed by atoms with van der Waals surface area (Å²) in [7, 11) is 5.53. The fourth-order valence-corrected chi connectivity index (χ4v) is 8.66. The van der Waals surface area contributed by atoms with Gasteiger partial charge in [-0.3, -0.25) is 28.8 Å². The van der Waals surface area contributed by atoms with E-state index in [0.717, 1.165) is 19.6 Å². The van der Waals surface area contributed by atoms with E-state index in [0.29, 0.717) is 0 Å². The smallest absolute Gasteiger partial charge is 0.254 e. The molecule has 0 spiro atoms. The molecule has 9 N–H and O–H groups in total. The molecule has 0 saturated heterocycles. The molecule has 0 aliphatic heterocycles. The predicted molar refractivity (Wildman–Crippen MR) is 253 cm³/mol. The van der Waals surface area contributed by atoms with Crippen LogP contribution >= 0.6 is 0 Å². The van der Waals surface area contributed by atoms with Crippen LogP contribution in [0.3, 0.4) is 0 Å². The first-order valence-electron chi connectivity index (χ1n) is 22.5. The highest BCUT2D eigenvalue weighted by Crippen LogP contribution is 2.39. The number of aliphatic hydroxyl groups is 9. The van der Waals surface area contributed by atoms with E-state index in [1.165, 1.54) is 65.7 Å². The van der Waals surface area contributed by atoms with Gasteiger partial charge in [0, 0.05) is 90.5 Å². The van der Waals surface area contributed by atoms with E-state index >= 15 is 0 Å². The summed E-state index contributed by atoms with van der Waals surface area (Å²) in [6.07, 6.45) is -6.65. The molecule has 382 valence electrons. The average Bonchev–Trinajstić information content (AvgIpc) is 3.28. The van der Waals surface area contributed by atoms with Crippen molar-refractivity contribution in [1.29, 1.82) is 0 Å². The van der Waals surface area contributed by atoms with Crippen molar-refractivity contribution in [3.8, 4) is 0 Å². The Hall–Kier alpha value is -5.10. The SMILES string of the molecule is CCc1c(C(=O)N(C)CC(O)CO)c(C)c(C(=O)N(C)CC(O)CO)c(C)c1N(CC(O)CN(C(C)=O)c1c(C)c(C(=O)N(C)CC(O)CO)c(C)c(C(=O)N(C)CC(O)CO)c1CC)C(C)=O. The Labute approximate surface area is 398 Å². The number of carbonyl (C=O) groups is 6. The summed E-state index contributed by atoms with van der Waals surface area (Å²) in [5.41, 5.74) is 1.52. The summed E-state index contributed by atoms with van der Waals surface area (Å²) < 4.78 is 0. The number of carbonyl (C=O) groups excluding carboxylic acids is 6. The molecule has 4 unspecified atom stereocenters. The lowest BCUT2D eigenvalue weighted by molar-refractivity contribution is -0.117. The molecular formula is C47H74N6O15. The molecule has 0 fully saturated rings. The van der Waals surface area contributed by atoms with Crippen LogP contribution in [-0.4, -0.2) is 225 Å². The zero-order valence-electron chi connectivity index (χ0n) is 41.5. The molecule has 4 atom stereocenters. The number of benzene rings is 2. The van der Waals surface area contributed by atoms with E-state index in [-0.39, 0.29) is 106 Å². The van der Waals surface area contributed by atoms with Gasteiger partial charge in [0.15, 0.2) is 0 Å². The van der Waals surface area contributed by atoms with Crippen molar-refractivity contribution in [2.75, 3.05) is 104 Å². The molecule has 0 aromatic heterocycles. The van der Waals surface area contributed by atoms with Crippen LogP contribution in [0.25, 0.3) is 0 Å². The number of likely N-dealkylation sites (N-methyl/N-ethyl adjacent to an activating group) is 4. The number of rotatable bonds is 24. The van der Waals surface area contributed by atoms with Gasteiger partial charge in [0.25, 0.3) is 23.6 Å². The number of nitrogens with zero attached hydrogens (tertiary/aromatic N) is 6. The highest BCUT2D eigenvalue weighted by Gasteiger charge is 2.36. The summed E-state index contributed by atoms with van der Waals surface area (Å²) in [5.74, 6) is -3.99. The first kappa shape index (κ1) is 59.0. The maximum absolute atomic E-state index is 14.3. The van der Waals surface area contributed by atoms with Crippen LogP contribution in [0.1, 0.15) is 103 Å². The third-order valence-corrected chi connectivity index (χ3v) is 12.0. The highest BCUT2D eigenvalue weighted by atomic mass is 16.3. The van der Waals surface area contributed by atoms with Crippen molar-refractivity contribution >= 4 is 46.8 Å². The second-order valence-corrected chi connectivity index (χ2v) is 17.4. The van der Waals surface area contributed by atoms with Crippen molar-refractivity contribution in [2.45, 2.75) is 98.8 Å². The Bertz CT molecular complexity index is 2000. The van der Waals surface area contributed by atoms with Crippen molar-refractivity contribution < 1.29 is 74.7 Å². The molecule has 6 amide bonds. The van der Waals surface area contributed by atoms with Gasteiger partial charge < -0.3 is 75.4 Å². The second kappa shape index (κ2) is 26.0. The standard InChI is InChI=1S/C47H74N6O15/c1-13-36-40(46(67)50(11)17-34(63)23-56)25(3)38(44(65)48(9)15-32(61)21-54)27(5)42(36)52(29(7)58)19-31(60)20-53(30(8)59)43-28(6)39(45(66)49(10)16-33(62)22-55)26(4)41(37(43)14-2)47(68)51(12)18-35(64)24-57/h31-35,54-57,60-64H,13-24H2,1-12H3. The lowest BCUT2D eigenvalue weighted by Crippen LogP contribution is -2.46. The Morgan fingerprint density at radius 1 is 0.397 bits per heavy atom. The first-order valence-corrected chi connectivity index (χ1v) is 22.5. The van der Waals surface area contributed by atoms with E-state index in [2.05, 4.69) is 0 Å². The van der Waals surface area contributed by atoms with Crippen LogP contribution < -0.4 is 9.80 Å². The van der Waals surface area contributed by atoms with Crippen molar-refractivity contribution in [2.24, 2.45) is 0 Å². The van der Waals surface area contributed by atoms with Crippen LogP contribution in [0.4, 0.5) is 11.4 Å². The molecule has 21 heteroatoms. The van der Waals surface area contributed by atoms with Gasteiger partial charge in [0.2, 0.25) is 11.8 Å². The summed E-state index contributed by atoms with van der Waals surface area (Å²) >= 11 is 0.